The van der Waals surface area contributed by atoms with Gasteiger partial charge in [-0.3, -0.25) is 9.59 Å². The lowest BCUT2D eigenvalue weighted by atomic mass is 9.95. The number of piperidine rings is 1. The fourth-order valence-corrected chi connectivity index (χ4v) is 4.06. The summed E-state index contributed by atoms with van der Waals surface area (Å²) < 4.78 is 1.94. The summed E-state index contributed by atoms with van der Waals surface area (Å²) in [5.74, 6) is 1.48. The van der Waals surface area contributed by atoms with Crippen molar-refractivity contribution < 1.29 is 9.59 Å². The molecule has 1 aliphatic heterocycles. The second-order valence-electron chi connectivity index (χ2n) is 7.33. The predicted molar refractivity (Wildman–Crippen MR) is 93.8 cm³/mol. The Hall–Kier alpha value is -1.92. The Labute approximate surface area is 149 Å². The average Bonchev–Trinajstić information content (AvgIpc) is 3.23. The van der Waals surface area contributed by atoms with Crippen molar-refractivity contribution in [1.29, 1.82) is 0 Å². The van der Waals surface area contributed by atoms with Crippen LogP contribution in [-0.2, 0) is 22.6 Å². The van der Waals surface area contributed by atoms with Gasteiger partial charge in [-0.25, -0.2) is 9.67 Å². The number of hydrogen-bond donors (Lipinski definition) is 1. The van der Waals surface area contributed by atoms with E-state index in [4.69, 9.17) is 5.73 Å². The first-order chi connectivity index (χ1) is 12.1. The number of primary amides is 1. The SMILES string of the molecule is CCCCn1nc(CC(N)=O)nc1[C@H]1CCC(=O)N(C2CCCC2)C1. The van der Waals surface area contributed by atoms with Crippen molar-refractivity contribution in [1.82, 2.24) is 19.7 Å². The molecular weight excluding hydrogens is 318 g/mol. The fourth-order valence-electron chi connectivity index (χ4n) is 4.06. The third-order valence-electron chi connectivity index (χ3n) is 5.37. The van der Waals surface area contributed by atoms with Crippen LogP contribution >= 0.6 is 0 Å². The molecule has 0 spiro atoms. The van der Waals surface area contributed by atoms with Gasteiger partial charge in [-0.05, 0) is 25.7 Å². The molecule has 7 heteroatoms. The summed E-state index contributed by atoms with van der Waals surface area (Å²) in [5.41, 5.74) is 5.30. The van der Waals surface area contributed by atoms with E-state index in [1.54, 1.807) is 0 Å². The lowest BCUT2D eigenvalue weighted by Crippen LogP contribution is -2.45. The molecular formula is C18H29N5O2. The fraction of sp³-hybridized carbons (Fsp3) is 0.778. The first kappa shape index (κ1) is 17.9. The quantitative estimate of drug-likeness (QED) is 0.813. The van der Waals surface area contributed by atoms with E-state index in [2.05, 4.69) is 21.9 Å². The van der Waals surface area contributed by atoms with Gasteiger partial charge in [0.2, 0.25) is 11.8 Å². The minimum atomic E-state index is -0.411. The Kier molecular flexibility index (Phi) is 5.71. The molecule has 2 heterocycles. The predicted octanol–water partition coefficient (Wildman–Crippen LogP) is 1.75. The molecule has 25 heavy (non-hydrogen) atoms. The number of nitrogens with two attached hydrogens (primary N) is 1. The van der Waals surface area contributed by atoms with Gasteiger partial charge in [0.25, 0.3) is 0 Å². The highest BCUT2D eigenvalue weighted by molar-refractivity contribution is 5.77. The summed E-state index contributed by atoms with van der Waals surface area (Å²) in [5, 5.41) is 4.51. The van der Waals surface area contributed by atoms with Crippen molar-refractivity contribution in [3.05, 3.63) is 11.6 Å². The van der Waals surface area contributed by atoms with Gasteiger partial charge in [0.1, 0.15) is 5.82 Å². The van der Waals surface area contributed by atoms with Crippen LogP contribution in [0.5, 0.6) is 0 Å². The van der Waals surface area contributed by atoms with Crippen LogP contribution in [0.2, 0.25) is 0 Å². The highest BCUT2D eigenvalue weighted by Crippen LogP contribution is 2.32. The van der Waals surface area contributed by atoms with E-state index in [9.17, 15) is 9.59 Å². The van der Waals surface area contributed by atoms with Crippen molar-refractivity contribution in [3.63, 3.8) is 0 Å². The third-order valence-corrected chi connectivity index (χ3v) is 5.37. The van der Waals surface area contributed by atoms with Gasteiger partial charge in [0, 0.05) is 31.5 Å². The normalized spacial score (nSPS) is 21.9. The van der Waals surface area contributed by atoms with Crippen LogP contribution in [0.15, 0.2) is 0 Å². The number of hydrogen-bond acceptors (Lipinski definition) is 4. The van der Waals surface area contributed by atoms with E-state index in [1.165, 1.54) is 12.8 Å². The minimum absolute atomic E-state index is 0.0735. The Bertz CT molecular complexity index is 621. The van der Waals surface area contributed by atoms with Crippen LogP contribution in [0, 0.1) is 0 Å². The molecule has 2 N–H and O–H groups in total. The molecule has 2 aliphatic rings. The van der Waals surface area contributed by atoms with Crippen LogP contribution < -0.4 is 5.73 Å². The van der Waals surface area contributed by atoms with Crippen molar-refractivity contribution in [2.24, 2.45) is 5.73 Å². The number of aryl methyl sites for hydroxylation is 1. The van der Waals surface area contributed by atoms with Gasteiger partial charge in [0.15, 0.2) is 5.82 Å². The lowest BCUT2D eigenvalue weighted by molar-refractivity contribution is -0.136. The zero-order valence-electron chi connectivity index (χ0n) is 15.1. The minimum Gasteiger partial charge on any atom is -0.369 e. The summed E-state index contributed by atoms with van der Waals surface area (Å²) >= 11 is 0. The molecule has 1 aliphatic carbocycles. The average molecular weight is 347 g/mol. The van der Waals surface area contributed by atoms with Crippen molar-refractivity contribution in [2.45, 2.75) is 83.2 Å². The summed E-state index contributed by atoms with van der Waals surface area (Å²) in [7, 11) is 0. The molecule has 138 valence electrons. The number of nitrogens with zero attached hydrogens (tertiary/aromatic N) is 4. The molecule has 1 saturated heterocycles. The van der Waals surface area contributed by atoms with Crippen LogP contribution in [-0.4, -0.2) is 44.1 Å². The highest BCUT2D eigenvalue weighted by Gasteiger charge is 2.35. The molecule has 7 nitrogen and oxygen atoms in total. The molecule has 0 bridgehead atoms. The molecule has 1 saturated carbocycles. The molecule has 2 fully saturated rings. The first-order valence-electron chi connectivity index (χ1n) is 9.60. The summed E-state index contributed by atoms with van der Waals surface area (Å²) in [4.78, 5) is 30.3. The van der Waals surface area contributed by atoms with Crippen LogP contribution in [0.4, 0.5) is 0 Å². The maximum absolute atomic E-state index is 12.4. The molecule has 1 atom stereocenters. The van der Waals surface area contributed by atoms with Crippen molar-refractivity contribution in [3.8, 4) is 0 Å². The summed E-state index contributed by atoms with van der Waals surface area (Å²) in [6.07, 6.45) is 8.22. The van der Waals surface area contributed by atoms with Gasteiger partial charge in [-0.15, -0.1) is 0 Å². The zero-order chi connectivity index (χ0) is 17.8. The number of carbonyl (C=O) groups is 2. The van der Waals surface area contributed by atoms with E-state index in [1.807, 2.05) is 4.68 Å². The first-order valence-corrected chi connectivity index (χ1v) is 9.60. The number of likely N-dealkylation sites (tertiary alicyclic amines) is 1. The zero-order valence-corrected chi connectivity index (χ0v) is 15.1. The van der Waals surface area contributed by atoms with Gasteiger partial charge in [0.05, 0.1) is 6.42 Å². The van der Waals surface area contributed by atoms with Gasteiger partial charge >= 0.3 is 0 Å². The smallest absolute Gasteiger partial charge is 0.225 e. The second-order valence-corrected chi connectivity index (χ2v) is 7.33. The maximum Gasteiger partial charge on any atom is 0.225 e. The van der Waals surface area contributed by atoms with E-state index >= 15 is 0 Å². The van der Waals surface area contributed by atoms with E-state index in [-0.39, 0.29) is 18.2 Å². The molecule has 1 aromatic rings. The van der Waals surface area contributed by atoms with E-state index in [0.717, 1.165) is 51.0 Å². The monoisotopic (exact) mass is 347 g/mol. The number of aromatic nitrogens is 3. The van der Waals surface area contributed by atoms with Crippen LogP contribution in [0.1, 0.15) is 75.9 Å². The maximum atomic E-state index is 12.4. The van der Waals surface area contributed by atoms with Crippen LogP contribution in [0.25, 0.3) is 0 Å². The lowest BCUT2D eigenvalue weighted by Gasteiger charge is -2.36. The van der Waals surface area contributed by atoms with Gasteiger partial charge in [-0.1, -0.05) is 26.2 Å². The number of carbonyl (C=O) groups excluding carboxylic acids is 2. The number of amides is 2. The summed E-state index contributed by atoms with van der Waals surface area (Å²) in [6, 6.07) is 0.396. The second kappa shape index (κ2) is 7.97. The molecule has 2 amide bonds. The van der Waals surface area contributed by atoms with Crippen LogP contribution in [0.3, 0.4) is 0 Å². The third kappa shape index (κ3) is 4.19. The Morgan fingerprint density at radius 3 is 2.72 bits per heavy atom. The highest BCUT2D eigenvalue weighted by atomic mass is 16.2. The number of rotatable bonds is 7. The van der Waals surface area contributed by atoms with E-state index in [0.29, 0.717) is 18.3 Å². The van der Waals surface area contributed by atoms with Gasteiger partial charge < -0.3 is 10.6 Å². The Morgan fingerprint density at radius 1 is 1.28 bits per heavy atom. The van der Waals surface area contributed by atoms with Gasteiger partial charge in [-0.2, -0.15) is 5.10 Å². The molecule has 0 aromatic carbocycles. The molecule has 0 radical (unpaired) electrons. The van der Waals surface area contributed by atoms with Crippen molar-refractivity contribution in [2.75, 3.05) is 6.54 Å². The summed E-state index contributed by atoms with van der Waals surface area (Å²) in [6.45, 7) is 3.66. The molecule has 0 unspecified atom stereocenters. The van der Waals surface area contributed by atoms with E-state index < -0.39 is 5.91 Å². The van der Waals surface area contributed by atoms with Crippen molar-refractivity contribution >= 4 is 11.8 Å². The largest absolute Gasteiger partial charge is 0.369 e. The number of unbranched alkanes of at least 4 members (excludes halogenated alkanes) is 1. The molecule has 3 rings (SSSR count). The standard InChI is InChI=1S/C18H29N5O2/c1-2-3-10-23-18(20-16(21-23)11-15(19)24)13-8-9-17(25)22(12-13)14-6-4-5-7-14/h13-14H,2-12H2,1H3,(H2,19,24)/t13-/m0/s1. The molecule has 1 aromatic heterocycles. The topological polar surface area (TPSA) is 94.1 Å². The Balaban J connectivity index is 1.79. The Morgan fingerprint density at radius 2 is 2.04 bits per heavy atom.